The Morgan fingerprint density at radius 1 is 1.77 bits per heavy atom. The Morgan fingerprint density at radius 3 is 3.08 bits per heavy atom. The largest absolute Gasteiger partial charge is 0.315 e. The molecule has 0 radical (unpaired) electrons. The summed E-state index contributed by atoms with van der Waals surface area (Å²) < 4.78 is 0. The van der Waals surface area contributed by atoms with Crippen LogP contribution in [0.3, 0.4) is 0 Å². The second-order valence-corrected chi connectivity index (χ2v) is 4.69. The monoisotopic (exact) mass is 200 g/mol. The molecule has 2 nitrogen and oxygen atoms in total. The molecule has 1 rings (SSSR count). The molecule has 13 heavy (non-hydrogen) atoms. The Bertz CT molecular complexity index is 161. The van der Waals surface area contributed by atoms with Crippen LogP contribution in [0.1, 0.15) is 6.42 Å². The number of nitrogens with one attached hydrogen (secondary N) is 1. The molecule has 1 N–H and O–H groups in total. The topological polar surface area (TPSA) is 15.3 Å². The Balaban J connectivity index is 2.49. The van der Waals surface area contributed by atoms with Crippen LogP contribution in [0.4, 0.5) is 0 Å². The molecule has 1 aliphatic rings. The third kappa shape index (κ3) is 3.01. The highest BCUT2D eigenvalue weighted by molar-refractivity contribution is 7.99. The molecule has 0 spiro atoms. The molecule has 2 unspecified atom stereocenters. The predicted molar refractivity (Wildman–Crippen MR) is 61.4 cm³/mol. The van der Waals surface area contributed by atoms with E-state index >= 15 is 0 Å². The molecule has 2 atom stereocenters. The molecular weight excluding hydrogens is 180 g/mol. The zero-order valence-corrected chi connectivity index (χ0v) is 9.44. The first-order valence-corrected chi connectivity index (χ1v) is 6.01. The van der Waals surface area contributed by atoms with E-state index in [1.54, 1.807) is 0 Å². The Hall–Kier alpha value is 0.01000. The smallest absolute Gasteiger partial charge is 0.0340 e. The fourth-order valence-corrected chi connectivity index (χ4v) is 3.09. The van der Waals surface area contributed by atoms with Gasteiger partial charge in [0.05, 0.1) is 0 Å². The van der Waals surface area contributed by atoms with E-state index in [2.05, 4.69) is 35.6 Å². The normalized spacial score (nSPS) is 27.1. The van der Waals surface area contributed by atoms with Gasteiger partial charge in [-0.25, -0.2) is 0 Å². The predicted octanol–water partition coefficient (Wildman–Crippen LogP) is 1.20. The molecule has 1 fully saturated rings. The van der Waals surface area contributed by atoms with Gasteiger partial charge in [0.15, 0.2) is 0 Å². The van der Waals surface area contributed by atoms with Gasteiger partial charge in [0.1, 0.15) is 0 Å². The Labute approximate surface area is 85.8 Å². The Kier molecular flexibility index (Phi) is 4.84. The third-order valence-corrected chi connectivity index (χ3v) is 3.75. The van der Waals surface area contributed by atoms with Crippen molar-refractivity contribution in [3.63, 3.8) is 0 Å². The first-order chi connectivity index (χ1) is 6.29. The minimum absolute atomic E-state index is 0.565. The SMILES string of the molecule is C=CCC(NC)C1CSCCN1C. The van der Waals surface area contributed by atoms with E-state index in [0.717, 1.165) is 6.42 Å². The molecule has 1 heterocycles. The van der Waals surface area contributed by atoms with Crippen LogP contribution in [-0.2, 0) is 0 Å². The van der Waals surface area contributed by atoms with E-state index in [4.69, 9.17) is 0 Å². The van der Waals surface area contributed by atoms with E-state index in [1.165, 1.54) is 18.1 Å². The van der Waals surface area contributed by atoms with Gasteiger partial charge >= 0.3 is 0 Å². The van der Waals surface area contributed by atoms with Gasteiger partial charge in [-0.05, 0) is 20.5 Å². The van der Waals surface area contributed by atoms with Crippen LogP contribution in [0.25, 0.3) is 0 Å². The molecule has 0 aromatic rings. The summed E-state index contributed by atoms with van der Waals surface area (Å²) in [4.78, 5) is 2.46. The maximum Gasteiger partial charge on any atom is 0.0340 e. The van der Waals surface area contributed by atoms with Gasteiger partial charge < -0.3 is 10.2 Å². The maximum absolute atomic E-state index is 3.80. The lowest BCUT2D eigenvalue weighted by atomic mass is 10.1. The van der Waals surface area contributed by atoms with Crippen LogP contribution in [0.15, 0.2) is 12.7 Å². The number of hydrogen-bond donors (Lipinski definition) is 1. The van der Waals surface area contributed by atoms with Crippen molar-refractivity contribution < 1.29 is 0 Å². The van der Waals surface area contributed by atoms with Gasteiger partial charge in [-0.2, -0.15) is 11.8 Å². The van der Waals surface area contributed by atoms with E-state index in [9.17, 15) is 0 Å². The number of hydrogen-bond acceptors (Lipinski definition) is 3. The van der Waals surface area contributed by atoms with Gasteiger partial charge in [0.25, 0.3) is 0 Å². The molecular formula is C10H20N2S. The van der Waals surface area contributed by atoms with Crippen molar-refractivity contribution in [1.82, 2.24) is 10.2 Å². The highest BCUT2D eigenvalue weighted by Gasteiger charge is 2.25. The van der Waals surface area contributed by atoms with Gasteiger partial charge in [0.2, 0.25) is 0 Å². The van der Waals surface area contributed by atoms with Crippen molar-refractivity contribution in [2.75, 3.05) is 32.1 Å². The molecule has 3 heteroatoms. The highest BCUT2D eigenvalue weighted by Crippen LogP contribution is 2.18. The summed E-state index contributed by atoms with van der Waals surface area (Å²) in [7, 11) is 4.26. The molecule has 0 amide bonds. The average Bonchev–Trinajstić information content (AvgIpc) is 2.16. The van der Waals surface area contributed by atoms with Crippen LogP contribution in [0.2, 0.25) is 0 Å². The van der Waals surface area contributed by atoms with Crippen LogP contribution < -0.4 is 5.32 Å². The summed E-state index contributed by atoms with van der Waals surface area (Å²) in [6.45, 7) is 5.02. The van der Waals surface area contributed by atoms with E-state index in [0.29, 0.717) is 12.1 Å². The standard InChI is InChI=1S/C10H20N2S/c1-4-5-9(11-2)10-8-13-7-6-12(10)3/h4,9-11H,1,5-8H2,2-3H3. The number of nitrogens with zero attached hydrogens (tertiary/aromatic N) is 1. The summed E-state index contributed by atoms with van der Waals surface area (Å²) in [5.74, 6) is 2.52. The molecule has 0 bridgehead atoms. The van der Waals surface area contributed by atoms with Crippen LogP contribution >= 0.6 is 11.8 Å². The lowest BCUT2D eigenvalue weighted by molar-refractivity contribution is 0.220. The highest BCUT2D eigenvalue weighted by atomic mass is 32.2. The zero-order valence-electron chi connectivity index (χ0n) is 8.62. The average molecular weight is 200 g/mol. The van der Waals surface area contributed by atoms with Crippen molar-refractivity contribution in [2.24, 2.45) is 0 Å². The summed E-state index contributed by atoms with van der Waals surface area (Å²) in [6.07, 6.45) is 3.07. The number of rotatable bonds is 4. The minimum Gasteiger partial charge on any atom is -0.315 e. The minimum atomic E-state index is 0.565. The van der Waals surface area contributed by atoms with E-state index in [-0.39, 0.29) is 0 Å². The van der Waals surface area contributed by atoms with E-state index in [1.807, 2.05) is 13.1 Å². The van der Waals surface area contributed by atoms with Gasteiger partial charge in [-0.15, -0.1) is 6.58 Å². The molecule has 0 aliphatic carbocycles. The van der Waals surface area contributed by atoms with Gasteiger partial charge in [-0.3, -0.25) is 0 Å². The van der Waals surface area contributed by atoms with Gasteiger partial charge in [0, 0.05) is 30.1 Å². The zero-order chi connectivity index (χ0) is 9.68. The van der Waals surface area contributed by atoms with Crippen molar-refractivity contribution in [3.8, 4) is 0 Å². The second-order valence-electron chi connectivity index (χ2n) is 3.54. The first kappa shape index (κ1) is 11.1. The lowest BCUT2D eigenvalue weighted by Crippen LogP contribution is -2.51. The van der Waals surface area contributed by atoms with Crippen molar-refractivity contribution in [3.05, 3.63) is 12.7 Å². The van der Waals surface area contributed by atoms with Gasteiger partial charge in [-0.1, -0.05) is 6.08 Å². The lowest BCUT2D eigenvalue weighted by Gasteiger charge is -2.37. The summed E-state index contributed by atoms with van der Waals surface area (Å²) in [5.41, 5.74) is 0. The molecule has 1 aliphatic heterocycles. The quantitative estimate of drug-likeness (QED) is 0.687. The van der Waals surface area contributed by atoms with Crippen LogP contribution in [0.5, 0.6) is 0 Å². The number of thioether (sulfide) groups is 1. The first-order valence-electron chi connectivity index (χ1n) is 4.85. The third-order valence-electron chi connectivity index (χ3n) is 2.70. The summed E-state index contributed by atoms with van der Waals surface area (Å²) >= 11 is 2.06. The van der Waals surface area contributed by atoms with Crippen molar-refractivity contribution in [2.45, 2.75) is 18.5 Å². The van der Waals surface area contributed by atoms with E-state index < -0.39 is 0 Å². The maximum atomic E-state index is 3.80. The summed E-state index contributed by atoms with van der Waals surface area (Å²) in [5, 5.41) is 3.38. The fourth-order valence-electron chi connectivity index (χ4n) is 1.78. The summed E-state index contributed by atoms with van der Waals surface area (Å²) in [6, 6.07) is 1.23. The Morgan fingerprint density at radius 2 is 2.54 bits per heavy atom. The number of likely N-dealkylation sites (N-methyl/N-ethyl adjacent to an activating group) is 2. The van der Waals surface area contributed by atoms with Crippen molar-refractivity contribution in [1.29, 1.82) is 0 Å². The molecule has 1 saturated heterocycles. The van der Waals surface area contributed by atoms with Crippen LogP contribution in [-0.4, -0.2) is 49.1 Å². The molecule has 76 valence electrons. The fraction of sp³-hybridized carbons (Fsp3) is 0.800. The molecule has 0 aromatic heterocycles. The second kappa shape index (κ2) is 5.68. The molecule has 0 saturated carbocycles. The molecule has 0 aromatic carbocycles. The van der Waals surface area contributed by atoms with Crippen molar-refractivity contribution >= 4 is 11.8 Å². The van der Waals surface area contributed by atoms with Crippen LogP contribution in [0, 0.1) is 0 Å².